The summed E-state index contributed by atoms with van der Waals surface area (Å²) in [5, 5.41) is 2.62. The minimum Gasteiger partial charge on any atom is -0.469 e. The van der Waals surface area contributed by atoms with Crippen LogP contribution in [-0.2, 0) is 25.2 Å². The molecule has 1 saturated heterocycles. The van der Waals surface area contributed by atoms with Gasteiger partial charge < -0.3 is 18.9 Å². The summed E-state index contributed by atoms with van der Waals surface area (Å²) in [4.78, 5) is 24.1. The Bertz CT molecular complexity index is 548. The van der Waals surface area contributed by atoms with Crippen LogP contribution in [0.1, 0.15) is 39.4 Å². The predicted molar refractivity (Wildman–Crippen MR) is 96.6 cm³/mol. The van der Waals surface area contributed by atoms with Gasteiger partial charge in [-0.25, -0.2) is 4.79 Å². The largest absolute Gasteiger partial charge is 0.469 e. The molecule has 1 aliphatic rings. The molecule has 0 unspecified atom stereocenters. The van der Waals surface area contributed by atoms with Crippen molar-refractivity contribution in [2.45, 2.75) is 70.3 Å². The van der Waals surface area contributed by atoms with E-state index in [1.807, 2.05) is 12.1 Å². The number of carbonyl (C=O) groups is 2. The first-order valence-corrected chi connectivity index (χ1v) is 11.8. The first-order chi connectivity index (χ1) is 12.0. The van der Waals surface area contributed by atoms with Gasteiger partial charge in [0.05, 0.1) is 12.9 Å². The van der Waals surface area contributed by atoms with Crippen LogP contribution in [0.4, 0.5) is 0 Å². The number of esters is 1. The maximum atomic E-state index is 12.2. The van der Waals surface area contributed by atoms with Crippen molar-refractivity contribution in [2.24, 2.45) is 0 Å². The third kappa shape index (κ3) is 4.95. The maximum absolute atomic E-state index is 12.2. The highest BCUT2D eigenvalue weighted by Crippen LogP contribution is 2.27. The van der Waals surface area contributed by atoms with Crippen LogP contribution in [0.3, 0.4) is 0 Å². The molecule has 0 bridgehead atoms. The van der Waals surface area contributed by atoms with Gasteiger partial charge in [-0.3, -0.25) is 4.79 Å². The van der Waals surface area contributed by atoms with Gasteiger partial charge in [0.2, 0.25) is 0 Å². The second-order valence-corrected chi connectivity index (χ2v) is 11.2. The molecule has 2 rings (SSSR count). The SMILES string of the molecule is CC[Si](CC)(CC)O[C@H]1C(=O)N[C@H]1C(=O)OCCCCc1ccco1. The van der Waals surface area contributed by atoms with E-state index in [2.05, 4.69) is 26.1 Å². The number of amides is 1. The topological polar surface area (TPSA) is 77.8 Å². The van der Waals surface area contributed by atoms with Crippen molar-refractivity contribution in [1.29, 1.82) is 0 Å². The van der Waals surface area contributed by atoms with Crippen LogP contribution >= 0.6 is 0 Å². The van der Waals surface area contributed by atoms with Crippen LogP contribution in [0.5, 0.6) is 0 Å². The van der Waals surface area contributed by atoms with Crippen molar-refractivity contribution in [3.05, 3.63) is 24.2 Å². The van der Waals surface area contributed by atoms with Gasteiger partial charge in [-0.05, 0) is 43.1 Å². The Hall–Kier alpha value is -1.60. The van der Waals surface area contributed by atoms with Crippen LogP contribution < -0.4 is 5.32 Å². The van der Waals surface area contributed by atoms with Crippen molar-refractivity contribution in [3.63, 3.8) is 0 Å². The molecule has 1 amide bonds. The summed E-state index contributed by atoms with van der Waals surface area (Å²) in [5.74, 6) is 0.340. The molecule has 0 spiro atoms. The van der Waals surface area contributed by atoms with E-state index >= 15 is 0 Å². The Balaban J connectivity index is 1.74. The van der Waals surface area contributed by atoms with Crippen molar-refractivity contribution >= 4 is 20.2 Å². The van der Waals surface area contributed by atoms with E-state index in [1.54, 1.807) is 6.26 Å². The zero-order valence-corrected chi connectivity index (χ0v) is 16.4. The molecule has 2 heterocycles. The van der Waals surface area contributed by atoms with Crippen LogP contribution in [0.25, 0.3) is 0 Å². The van der Waals surface area contributed by atoms with Crippen LogP contribution in [0.15, 0.2) is 22.8 Å². The van der Waals surface area contributed by atoms with Gasteiger partial charge in [-0.2, -0.15) is 0 Å². The average Bonchev–Trinajstić information content (AvgIpc) is 3.14. The third-order valence-corrected chi connectivity index (χ3v) is 9.68. The number of rotatable bonds is 11. The Labute approximate surface area is 150 Å². The van der Waals surface area contributed by atoms with Gasteiger partial charge in [0, 0.05) is 6.42 Å². The van der Waals surface area contributed by atoms with Gasteiger partial charge >= 0.3 is 5.97 Å². The van der Waals surface area contributed by atoms with Gasteiger partial charge in [0.1, 0.15) is 5.76 Å². The highest BCUT2D eigenvalue weighted by molar-refractivity contribution is 6.73. The first kappa shape index (κ1) is 19.7. The van der Waals surface area contributed by atoms with E-state index in [4.69, 9.17) is 13.6 Å². The lowest BCUT2D eigenvalue weighted by Gasteiger charge is -2.41. The van der Waals surface area contributed by atoms with Gasteiger partial charge in [0.15, 0.2) is 20.5 Å². The number of hydrogen-bond acceptors (Lipinski definition) is 5. The summed E-state index contributed by atoms with van der Waals surface area (Å²) in [6.07, 6.45) is 3.45. The van der Waals surface area contributed by atoms with E-state index in [0.717, 1.165) is 43.2 Å². The van der Waals surface area contributed by atoms with Gasteiger partial charge in [0.25, 0.3) is 5.91 Å². The number of ether oxygens (including phenoxy) is 1. The van der Waals surface area contributed by atoms with Crippen molar-refractivity contribution in [3.8, 4) is 0 Å². The zero-order valence-electron chi connectivity index (χ0n) is 15.4. The molecule has 25 heavy (non-hydrogen) atoms. The maximum Gasteiger partial charge on any atom is 0.331 e. The molecular weight excluding hydrogens is 338 g/mol. The monoisotopic (exact) mass is 367 g/mol. The molecule has 1 N–H and O–H groups in total. The second kappa shape index (κ2) is 9.19. The Morgan fingerprint density at radius 3 is 2.52 bits per heavy atom. The number of hydrogen-bond donors (Lipinski definition) is 1. The summed E-state index contributed by atoms with van der Waals surface area (Å²) in [5.41, 5.74) is 0. The first-order valence-electron chi connectivity index (χ1n) is 9.22. The van der Waals surface area contributed by atoms with Crippen LogP contribution in [0.2, 0.25) is 18.1 Å². The molecule has 1 aromatic heterocycles. The number of nitrogens with one attached hydrogen (secondary N) is 1. The molecule has 7 heteroatoms. The van der Waals surface area contributed by atoms with E-state index in [0.29, 0.717) is 6.61 Å². The Morgan fingerprint density at radius 2 is 1.96 bits per heavy atom. The van der Waals surface area contributed by atoms with Crippen LogP contribution in [-0.4, -0.2) is 38.9 Å². The fourth-order valence-electron chi connectivity index (χ4n) is 3.06. The Kier molecular flexibility index (Phi) is 7.25. The quantitative estimate of drug-likeness (QED) is 0.281. The normalized spacial score (nSPS) is 20.0. The smallest absolute Gasteiger partial charge is 0.331 e. The highest BCUT2D eigenvalue weighted by atomic mass is 28.4. The summed E-state index contributed by atoms with van der Waals surface area (Å²) >= 11 is 0. The Morgan fingerprint density at radius 1 is 1.24 bits per heavy atom. The number of carbonyl (C=O) groups excluding carboxylic acids is 2. The lowest BCUT2D eigenvalue weighted by atomic mass is 10.0. The molecule has 0 aliphatic carbocycles. The van der Waals surface area contributed by atoms with Crippen molar-refractivity contribution in [1.82, 2.24) is 5.32 Å². The third-order valence-electron chi connectivity index (χ3n) is 5.06. The van der Waals surface area contributed by atoms with E-state index in [1.165, 1.54) is 0 Å². The van der Waals surface area contributed by atoms with Crippen molar-refractivity contribution in [2.75, 3.05) is 6.61 Å². The minimum atomic E-state index is -1.93. The zero-order chi connectivity index (χ0) is 18.3. The summed E-state index contributed by atoms with van der Waals surface area (Å²) in [6.45, 7) is 6.64. The fraction of sp³-hybridized carbons (Fsp3) is 0.667. The lowest BCUT2D eigenvalue weighted by molar-refractivity contribution is -0.161. The highest BCUT2D eigenvalue weighted by Gasteiger charge is 2.49. The number of unbranched alkanes of at least 4 members (excludes halogenated alkanes) is 1. The van der Waals surface area contributed by atoms with Crippen molar-refractivity contribution < 1.29 is 23.2 Å². The van der Waals surface area contributed by atoms with Gasteiger partial charge in [-0.1, -0.05) is 20.8 Å². The predicted octanol–water partition coefficient (Wildman–Crippen LogP) is 3.03. The molecule has 6 nitrogen and oxygen atoms in total. The van der Waals surface area contributed by atoms with Gasteiger partial charge in [-0.15, -0.1) is 0 Å². The van der Waals surface area contributed by atoms with Crippen LogP contribution in [0, 0.1) is 0 Å². The molecule has 1 aliphatic heterocycles. The fourth-order valence-corrected chi connectivity index (χ4v) is 5.84. The minimum absolute atomic E-state index is 0.202. The number of furan rings is 1. The second-order valence-electron chi connectivity index (χ2n) is 6.47. The summed E-state index contributed by atoms with van der Waals surface area (Å²) in [6, 6.07) is 5.97. The molecule has 2 atom stereocenters. The molecule has 0 saturated carbocycles. The lowest BCUT2D eigenvalue weighted by Crippen LogP contribution is -2.69. The molecule has 1 aromatic rings. The molecule has 0 radical (unpaired) electrons. The average molecular weight is 368 g/mol. The number of aryl methyl sites for hydroxylation is 1. The molecule has 0 aromatic carbocycles. The van der Waals surface area contributed by atoms with E-state index in [-0.39, 0.29) is 5.91 Å². The summed E-state index contributed by atoms with van der Waals surface area (Å²) in [7, 11) is -1.93. The molecular formula is C18H29NO5Si. The van der Waals surface area contributed by atoms with E-state index in [9.17, 15) is 9.59 Å². The summed E-state index contributed by atoms with van der Waals surface area (Å²) < 4.78 is 16.7. The van der Waals surface area contributed by atoms with E-state index < -0.39 is 26.4 Å². The standard InChI is InChI=1S/C18H29NO5Si/c1-4-25(5-2,6-3)24-16-15(19-17(16)20)18(21)23-12-8-7-10-14-11-9-13-22-14/h9,11,13,15-16H,4-8,10,12H2,1-3H3,(H,19,20)/t15-,16-/m1/s1. The number of β-lactam (4-membered cyclic amide) rings is 1. The molecule has 1 fully saturated rings. The molecule has 140 valence electrons.